The molecule has 12 rings (SSSR count). The van der Waals surface area contributed by atoms with Crippen molar-refractivity contribution in [1.29, 1.82) is 0 Å². The highest BCUT2D eigenvalue weighted by atomic mass is 32.1. The van der Waals surface area contributed by atoms with E-state index < -0.39 is 0 Å². The molecule has 0 saturated carbocycles. The molecule has 0 spiro atoms. The molecular formula is C55H36N4S2. The van der Waals surface area contributed by atoms with Crippen molar-refractivity contribution in [2.45, 2.75) is 19.3 Å². The fourth-order valence-electron chi connectivity index (χ4n) is 9.05. The minimum Gasteiger partial charge on any atom is -0.236 e. The van der Waals surface area contributed by atoms with Crippen molar-refractivity contribution in [1.82, 2.24) is 19.9 Å². The van der Waals surface area contributed by atoms with Gasteiger partial charge in [0.1, 0.15) is 5.01 Å². The summed E-state index contributed by atoms with van der Waals surface area (Å²) in [4.78, 5) is 20.7. The number of rotatable bonds is 6. The molecule has 0 amide bonds. The van der Waals surface area contributed by atoms with E-state index in [1.165, 1.54) is 52.7 Å². The predicted octanol–water partition coefficient (Wildman–Crippen LogP) is 15.2. The normalized spacial score (nSPS) is 12.9. The largest absolute Gasteiger partial charge is 0.236 e. The van der Waals surface area contributed by atoms with E-state index in [0.717, 1.165) is 49.5 Å². The summed E-state index contributed by atoms with van der Waals surface area (Å²) >= 11 is 3.58. The zero-order valence-corrected chi connectivity index (χ0v) is 35.1. The first kappa shape index (κ1) is 35.8. The van der Waals surface area contributed by atoms with E-state index in [4.69, 9.17) is 19.9 Å². The Bertz CT molecular complexity index is 3490. The number of hydrogen-bond acceptors (Lipinski definition) is 6. The molecule has 61 heavy (non-hydrogen) atoms. The van der Waals surface area contributed by atoms with E-state index in [2.05, 4.69) is 190 Å². The summed E-state index contributed by atoms with van der Waals surface area (Å²) in [5.74, 6) is 1.95. The number of benzene rings is 8. The van der Waals surface area contributed by atoms with Gasteiger partial charge in [0.25, 0.3) is 0 Å². The van der Waals surface area contributed by atoms with Gasteiger partial charge in [-0.1, -0.05) is 166 Å². The Balaban J connectivity index is 0.971. The van der Waals surface area contributed by atoms with E-state index in [1.54, 1.807) is 22.7 Å². The van der Waals surface area contributed by atoms with Crippen molar-refractivity contribution < 1.29 is 0 Å². The molecular weight excluding hydrogens is 781 g/mol. The van der Waals surface area contributed by atoms with Gasteiger partial charge in [0.2, 0.25) is 0 Å². The van der Waals surface area contributed by atoms with Crippen LogP contribution in [0.3, 0.4) is 0 Å². The maximum atomic E-state index is 5.26. The maximum absolute atomic E-state index is 5.26. The van der Waals surface area contributed by atoms with Gasteiger partial charge < -0.3 is 0 Å². The van der Waals surface area contributed by atoms with Crippen LogP contribution in [0.15, 0.2) is 182 Å². The molecule has 0 radical (unpaired) electrons. The van der Waals surface area contributed by atoms with Crippen LogP contribution in [-0.2, 0) is 5.41 Å². The molecule has 0 aliphatic heterocycles. The Kier molecular flexibility index (Phi) is 8.21. The SMILES string of the molecule is CC1(C)c2cc(-c3cccc(-c4nc(-c5ccc(-c6ccccc6)cc5)nc(-c5cccc6c5sc5ccccc56)n4)c3)ccc2-c2c1ccc1nc(-c3ccccc3)sc21. The highest BCUT2D eigenvalue weighted by Crippen LogP contribution is 2.53. The van der Waals surface area contributed by atoms with Crippen LogP contribution in [0.5, 0.6) is 0 Å². The Morgan fingerprint density at radius 1 is 0.377 bits per heavy atom. The molecule has 1 aliphatic carbocycles. The lowest BCUT2D eigenvalue weighted by molar-refractivity contribution is 0.661. The van der Waals surface area contributed by atoms with Crippen molar-refractivity contribution in [3.8, 4) is 78.1 Å². The first-order valence-electron chi connectivity index (χ1n) is 20.5. The summed E-state index contributed by atoms with van der Waals surface area (Å²) in [5.41, 5.74) is 14.8. The van der Waals surface area contributed by atoms with Gasteiger partial charge in [-0.25, -0.2) is 19.9 Å². The van der Waals surface area contributed by atoms with Crippen LogP contribution in [0.2, 0.25) is 0 Å². The molecule has 8 aromatic carbocycles. The minimum absolute atomic E-state index is 0.176. The third-order valence-corrected chi connectivity index (χ3v) is 14.6. The van der Waals surface area contributed by atoms with Gasteiger partial charge in [-0.05, 0) is 69.3 Å². The van der Waals surface area contributed by atoms with Crippen LogP contribution >= 0.6 is 22.7 Å². The minimum atomic E-state index is -0.176. The van der Waals surface area contributed by atoms with Crippen molar-refractivity contribution in [3.05, 3.63) is 193 Å². The van der Waals surface area contributed by atoms with Gasteiger partial charge in [0.05, 0.1) is 10.2 Å². The van der Waals surface area contributed by atoms with E-state index in [9.17, 15) is 0 Å². The van der Waals surface area contributed by atoms with E-state index in [0.29, 0.717) is 17.5 Å². The van der Waals surface area contributed by atoms with Crippen LogP contribution in [0, 0.1) is 0 Å². The van der Waals surface area contributed by atoms with E-state index >= 15 is 0 Å². The monoisotopic (exact) mass is 816 g/mol. The highest BCUT2D eigenvalue weighted by molar-refractivity contribution is 7.26. The fraction of sp³-hybridized carbons (Fsp3) is 0.0545. The number of aromatic nitrogens is 4. The number of fused-ring (bicyclic) bond motifs is 8. The van der Waals surface area contributed by atoms with Crippen molar-refractivity contribution >= 4 is 53.1 Å². The summed E-state index contributed by atoms with van der Waals surface area (Å²) in [6.07, 6.45) is 0. The summed E-state index contributed by atoms with van der Waals surface area (Å²) in [6, 6.07) is 64.7. The summed E-state index contributed by atoms with van der Waals surface area (Å²) < 4.78 is 3.67. The van der Waals surface area contributed by atoms with Gasteiger partial charge in [-0.2, -0.15) is 0 Å². The number of thiophene rings is 1. The number of thiazole rings is 1. The van der Waals surface area contributed by atoms with Gasteiger partial charge in [-0.3, -0.25) is 0 Å². The van der Waals surface area contributed by atoms with Gasteiger partial charge in [-0.15, -0.1) is 22.7 Å². The number of nitrogens with zero attached hydrogens (tertiary/aromatic N) is 4. The lowest BCUT2D eigenvalue weighted by Crippen LogP contribution is -2.14. The first-order chi connectivity index (χ1) is 30.0. The molecule has 6 heteroatoms. The average Bonchev–Trinajstić information content (AvgIpc) is 4.00. The first-order valence-corrected chi connectivity index (χ1v) is 22.2. The van der Waals surface area contributed by atoms with E-state index in [1.807, 2.05) is 6.07 Å². The fourth-order valence-corrected chi connectivity index (χ4v) is 11.4. The second-order valence-corrected chi connectivity index (χ2v) is 18.3. The van der Waals surface area contributed by atoms with Crippen LogP contribution in [0.1, 0.15) is 25.0 Å². The molecule has 288 valence electrons. The van der Waals surface area contributed by atoms with Crippen molar-refractivity contribution in [2.75, 3.05) is 0 Å². The topological polar surface area (TPSA) is 51.6 Å². The highest BCUT2D eigenvalue weighted by Gasteiger charge is 2.37. The molecule has 3 aromatic heterocycles. The Labute approximate surface area is 361 Å². The molecule has 0 unspecified atom stereocenters. The third-order valence-electron chi connectivity index (χ3n) is 12.2. The molecule has 4 nitrogen and oxygen atoms in total. The molecule has 0 N–H and O–H groups in total. The van der Waals surface area contributed by atoms with Crippen LogP contribution in [-0.4, -0.2) is 19.9 Å². The van der Waals surface area contributed by atoms with Crippen molar-refractivity contribution in [2.24, 2.45) is 0 Å². The smallest absolute Gasteiger partial charge is 0.165 e. The summed E-state index contributed by atoms with van der Waals surface area (Å²) in [5, 5.41) is 3.51. The van der Waals surface area contributed by atoms with Crippen molar-refractivity contribution in [3.63, 3.8) is 0 Å². The summed E-state index contributed by atoms with van der Waals surface area (Å²) in [6.45, 7) is 4.69. The Hall–Kier alpha value is -7.12. The van der Waals surface area contributed by atoms with Gasteiger partial charge in [0.15, 0.2) is 17.5 Å². The number of hydrogen-bond donors (Lipinski definition) is 0. The quantitative estimate of drug-likeness (QED) is 0.168. The zero-order chi connectivity index (χ0) is 40.7. The molecule has 0 bridgehead atoms. The lowest BCUT2D eigenvalue weighted by atomic mass is 9.81. The molecule has 11 aromatic rings. The molecule has 3 heterocycles. The molecule has 1 aliphatic rings. The molecule has 0 fully saturated rings. The maximum Gasteiger partial charge on any atom is 0.165 e. The second-order valence-electron chi connectivity index (χ2n) is 16.2. The van der Waals surface area contributed by atoms with Gasteiger partial charge >= 0.3 is 0 Å². The lowest BCUT2D eigenvalue weighted by Gasteiger charge is -2.22. The standard InChI is InChI=1S/C55H36N4S2/c1-55(2)44-29-30-46-50(61-54(56-46)36-15-7-4-8-16-36)48(44)42-28-27-38(32-45(42)55)37-17-11-18-39(31-37)52-57-51(35-25-23-34(24-26-35)33-13-5-3-6-14-33)58-53(59-52)43-21-12-20-41-40-19-9-10-22-47(40)60-49(41)43/h3-32H,1-2H3. The van der Waals surface area contributed by atoms with Gasteiger partial charge in [0, 0.05) is 53.4 Å². The molecule has 0 saturated heterocycles. The van der Waals surface area contributed by atoms with E-state index in [-0.39, 0.29) is 5.41 Å². The summed E-state index contributed by atoms with van der Waals surface area (Å²) in [7, 11) is 0. The third kappa shape index (κ3) is 5.93. The van der Waals surface area contributed by atoms with Crippen LogP contribution in [0.4, 0.5) is 0 Å². The van der Waals surface area contributed by atoms with Crippen LogP contribution < -0.4 is 0 Å². The molecule has 0 atom stereocenters. The second kappa shape index (κ2) is 14.0. The van der Waals surface area contributed by atoms with Crippen LogP contribution in [0.25, 0.3) is 109 Å². The predicted molar refractivity (Wildman–Crippen MR) is 256 cm³/mol. The Morgan fingerprint density at radius 3 is 1.80 bits per heavy atom. The zero-order valence-electron chi connectivity index (χ0n) is 33.4. The Morgan fingerprint density at radius 2 is 0.984 bits per heavy atom. The average molecular weight is 817 g/mol.